The van der Waals surface area contributed by atoms with E-state index in [0.29, 0.717) is 13.0 Å². The molecule has 6 atom stereocenters. The quantitative estimate of drug-likeness (QED) is 0.0286. The van der Waals surface area contributed by atoms with Crippen LogP contribution in [-0.2, 0) is 23.7 Å². The minimum absolute atomic E-state index is 0.121. The van der Waals surface area contributed by atoms with E-state index >= 15 is 0 Å². The van der Waals surface area contributed by atoms with Gasteiger partial charge in [0, 0.05) is 13.0 Å². The Hall–Kier alpha value is -1.59. The van der Waals surface area contributed by atoms with Crippen LogP contribution in [0, 0.1) is 0 Å². The van der Waals surface area contributed by atoms with E-state index in [1.54, 1.807) is 0 Å². The van der Waals surface area contributed by atoms with Crippen LogP contribution >= 0.6 is 0 Å². The minimum Gasteiger partial charge on any atom is -0.457 e. The van der Waals surface area contributed by atoms with Gasteiger partial charge in [-0.1, -0.05) is 127 Å². The van der Waals surface area contributed by atoms with Crippen molar-refractivity contribution < 1.29 is 44.2 Å². The first-order valence-electron chi connectivity index (χ1n) is 21.1. The van der Waals surface area contributed by atoms with Crippen LogP contribution in [0.15, 0.2) is 36.5 Å². The predicted molar refractivity (Wildman–Crippen MR) is 210 cm³/mol. The van der Waals surface area contributed by atoms with Gasteiger partial charge in [-0.05, 0) is 70.6 Å². The summed E-state index contributed by atoms with van der Waals surface area (Å²) < 4.78 is 22.7. The monoisotopic (exact) mass is 739 g/mol. The van der Waals surface area contributed by atoms with Crippen LogP contribution in [0.3, 0.4) is 0 Å². The molecule has 1 heterocycles. The van der Waals surface area contributed by atoms with Crippen LogP contribution in [-0.4, -0.2) is 89.6 Å². The number of unbranched alkanes of at least 4 members (excludes halogenated alkanes) is 18. The molecule has 0 aromatic heterocycles. The molecule has 1 saturated heterocycles. The van der Waals surface area contributed by atoms with Gasteiger partial charge in [0.15, 0.2) is 6.29 Å². The van der Waals surface area contributed by atoms with Crippen molar-refractivity contribution in [3.05, 3.63) is 36.5 Å². The van der Waals surface area contributed by atoms with Crippen molar-refractivity contribution in [1.82, 2.24) is 0 Å². The van der Waals surface area contributed by atoms with Gasteiger partial charge in [-0.25, -0.2) is 0 Å². The molecule has 9 heteroatoms. The Morgan fingerprint density at radius 2 is 1.12 bits per heavy atom. The van der Waals surface area contributed by atoms with Gasteiger partial charge in [-0.3, -0.25) is 4.79 Å². The fourth-order valence-corrected chi connectivity index (χ4v) is 6.16. The molecule has 0 bridgehead atoms. The first-order chi connectivity index (χ1) is 25.4. The average molecular weight is 739 g/mol. The molecule has 0 aromatic rings. The largest absolute Gasteiger partial charge is 0.457 e. The fraction of sp³-hybridized carbons (Fsp3) is 0.837. The van der Waals surface area contributed by atoms with E-state index in [0.717, 1.165) is 64.2 Å². The number of hydrogen-bond donors (Lipinski definition) is 4. The summed E-state index contributed by atoms with van der Waals surface area (Å²) in [5.74, 6) is -0.328. The molecule has 0 radical (unpaired) electrons. The van der Waals surface area contributed by atoms with Crippen molar-refractivity contribution in [3.63, 3.8) is 0 Å². The molecule has 0 amide bonds. The number of allylic oxidation sites excluding steroid dienone is 6. The maximum absolute atomic E-state index is 12.7. The van der Waals surface area contributed by atoms with Gasteiger partial charge in [-0.2, -0.15) is 0 Å². The zero-order chi connectivity index (χ0) is 37.9. The second kappa shape index (κ2) is 35.1. The fourth-order valence-electron chi connectivity index (χ4n) is 6.16. The van der Waals surface area contributed by atoms with Crippen LogP contribution in [0.2, 0.25) is 0 Å². The highest BCUT2D eigenvalue weighted by Crippen LogP contribution is 2.22. The van der Waals surface area contributed by atoms with Gasteiger partial charge in [-0.15, -0.1) is 0 Å². The molecule has 1 aliphatic heterocycles. The highest BCUT2D eigenvalue weighted by atomic mass is 16.7. The maximum atomic E-state index is 12.7. The Morgan fingerprint density at radius 1 is 0.615 bits per heavy atom. The normalized spacial score (nSPS) is 21.5. The topological polar surface area (TPSA) is 135 Å². The van der Waals surface area contributed by atoms with E-state index in [1.807, 2.05) is 0 Å². The van der Waals surface area contributed by atoms with Crippen LogP contribution < -0.4 is 0 Å². The standard InChI is InChI=1S/C43H78O9/c1-3-5-7-9-11-13-15-17-18-19-21-23-25-27-29-31-33-49-35-37(36-50-43-42(48)41(47)40(46)38(34-44)52-43)51-39(45)32-30-28-26-24-22-20-16-14-12-10-8-6-4-2/h11,13-14,16-18,37-38,40-44,46-48H,3-10,12,15,19-36H2,1-2H3/b13-11-,16-14-,18-17-. The molecular formula is C43H78O9. The molecule has 52 heavy (non-hydrogen) atoms. The molecule has 4 N–H and O–H groups in total. The summed E-state index contributed by atoms with van der Waals surface area (Å²) in [6.07, 6.45) is 33.0. The Morgan fingerprint density at radius 3 is 1.71 bits per heavy atom. The summed E-state index contributed by atoms with van der Waals surface area (Å²) in [7, 11) is 0. The van der Waals surface area contributed by atoms with E-state index in [9.17, 15) is 25.2 Å². The zero-order valence-corrected chi connectivity index (χ0v) is 33.1. The molecule has 9 nitrogen and oxygen atoms in total. The molecule has 1 aliphatic rings. The molecule has 0 spiro atoms. The third-order valence-corrected chi connectivity index (χ3v) is 9.53. The molecule has 1 fully saturated rings. The Bertz CT molecular complexity index is 890. The lowest BCUT2D eigenvalue weighted by molar-refractivity contribution is -0.305. The zero-order valence-electron chi connectivity index (χ0n) is 33.1. The Balaban J connectivity index is 2.31. The number of carbonyl (C=O) groups excluding carboxylic acids is 1. The van der Waals surface area contributed by atoms with Gasteiger partial charge in [0.25, 0.3) is 0 Å². The van der Waals surface area contributed by atoms with E-state index in [2.05, 4.69) is 50.3 Å². The van der Waals surface area contributed by atoms with Gasteiger partial charge in [0.2, 0.25) is 0 Å². The summed E-state index contributed by atoms with van der Waals surface area (Å²) in [6, 6.07) is 0. The lowest BCUT2D eigenvalue weighted by Gasteiger charge is -2.39. The number of rotatable bonds is 35. The number of ether oxygens (including phenoxy) is 4. The highest BCUT2D eigenvalue weighted by Gasteiger charge is 2.44. The first kappa shape index (κ1) is 48.4. The van der Waals surface area contributed by atoms with Crippen LogP contribution in [0.1, 0.15) is 168 Å². The summed E-state index contributed by atoms with van der Waals surface area (Å²) in [6.45, 7) is 4.48. The van der Waals surface area contributed by atoms with Crippen molar-refractivity contribution in [2.75, 3.05) is 26.4 Å². The molecule has 0 aliphatic carbocycles. The number of esters is 1. The van der Waals surface area contributed by atoms with E-state index in [4.69, 9.17) is 18.9 Å². The summed E-state index contributed by atoms with van der Waals surface area (Å²) in [5.41, 5.74) is 0. The number of hydrogen-bond acceptors (Lipinski definition) is 9. The Labute approximate surface area is 317 Å². The Kier molecular flexibility index (Phi) is 32.7. The number of carbonyl (C=O) groups is 1. The van der Waals surface area contributed by atoms with Crippen LogP contribution in [0.25, 0.3) is 0 Å². The smallest absolute Gasteiger partial charge is 0.306 e. The summed E-state index contributed by atoms with van der Waals surface area (Å²) >= 11 is 0. The minimum atomic E-state index is -1.54. The summed E-state index contributed by atoms with van der Waals surface area (Å²) in [4.78, 5) is 12.7. The van der Waals surface area contributed by atoms with E-state index in [1.165, 1.54) is 83.5 Å². The second-order valence-electron chi connectivity index (χ2n) is 14.4. The van der Waals surface area contributed by atoms with Crippen molar-refractivity contribution in [2.45, 2.75) is 205 Å². The van der Waals surface area contributed by atoms with E-state index in [-0.39, 0.29) is 19.2 Å². The van der Waals surface area contributed by atoms with Crippen molar-refractivity contribution >= 4 is 5.97 Å². The van der Waals surface area contributed by atoms with E-state index < -0.39 is 43.4 Å². The van der Waals surface area contributed by atoms with Crippen LogP contribution in [0.4, 0.5) is 0 Å². The third-order valence-electron chi connectivity index (χ3n) is 9.53. The van der Waals surface area contributed by atoms with Gasteiger partial charge in [0.1, 0.15) is 30.5 Å². The summed E-state index contributed by atoms with van der Waals surface area (Å²) in [5, 5.41) is 40.0. The maximum Gasteiger partial charge on any atom is 0.306 e. The molecule has 6 unspecified atom stereocenters. The molecule has 304 valence electrons. The van der Waals surface area contributed by atoms with Crippen molar-refractivity contribution in [1.29, 1.82) is 0 Å². The molecular weight excluding hydrogens is 660 g/mol. The lowest BCUT2D eigenvalue weighted by Crippen LogP contribution is -2.59. The SMILES string of the molecule is CCCCC/C=C\C/C=C\CCCCCCCCOCC(COC1OC(CO)C(O)C(O)C1O)OC(=O)CCCCCCC/C=C\CCCCCC. The number of aliphatic hydroxyl groups excluding tert-OH is 4. The second-order valence-corrected chi connectivity index (χ2v) is 14.4. The molecule has 1 rings (SSSR count). The molecule has 0 saturated carbocycles. The van der Waals surface area contributed by atoms with Crippen LogP contribution in [0.5, 0.6) is 0 Å². The van der Waals surface area contributed by atoms with Crippen molar-refractivity contribution in [3.8, 4) is 0 Å². The molecule has 0 aromatic carbocycles. The predicted octanol–water partition coefficient (Wildman–Crippen LogP) is 8.80. The highest BCUT2D eigenvalue weighted by molar-refractivity contribution is 5.69. The van der Waals surface area contributed by atoms with Gasteiger partial charge < -0.3 is 39.4 Å². The first-order valence-corrected chi connectivity index (χ1v) is 21.1. The third kappa shape index (κ3) is 26.2. The van der Waals surface area contributed by atoms with Gasteiger partial charge in [0.05, 0.1) is 19.8 Å². The van der Waals surface area contributed by atoms with Crippen molar-refractivity contribution in [2.24, 2.45) is 0 Å². The number of aliphatic hydroxyl groups is 4. The lowest BCUT2D eigenvalue weighted by atomic mass is 9.99. The average Bonchev–Trinajstić information content (AvgIpc) is 3.14. The van der Waals surface area contributed by atoms with Gasteiger partial charge >= 0.3 is 5.97 Å².